The van der Waals surface area contributed by atoms with Crippen LogP contribution in [0.25, 0.3) is 6.08 Å². The van der Waals surface area contributed by atoms with Gasteiger partial charge in [0.25, 0.3) is 5.69 Å². The number of nitro groups is 1. The molecule has 2 saturated carbocycles. The predicted molar refractivity (Wildman–Crippen MR) is 151 cm³/mol. The van der Waals surface area contributed by atoms with Gasteiger partial charge in [-0.25, -0.2) is 17.5 Å². The molecule has 0 aromatic heterocycles. The number of nitrogens with zero attached hydrogens (tertiary/aromatic N) is 2. The molecule has 0 radical (unpaired) electrons. The van der Waals surface area contributed by atoms with E-state index in [2.05, 4.69) is 43.4 Å². The Bertz CT molecular complexity index is 1480. The van der Waals surface area contributed by atoms with Crippen molar-refractivity contribution >= 4 is 27.9 Å². The normalized spacial score (nSPS) is 27.9. The molecule has 1 N–H and O–H groups in total. The summed E-state index contributed by atoms with van der Waals surface area (Å²) in [6.45, 7) is 5.21. The Balaban J connectivity index is 1.16. The van der Waals surface area contributed by atoms with Gasteiger partial charge in [0.2, 0.25) is 10.0 Å². The van der Waals surface area contributed by atoms with Crippen molar-refractivity contribution in [2.45, 2.75) is 57.4 Å². The summed E-state index contributed by atoms with van der Waals surface area (Å²) in [5.41, 5.74) is 1.44. The van der Waals surface area contributed by atoms with Crippen molar-refractivity contribution in [3.63, 3.8) is 0 Å². The number of non-ortho nitro benzene ring substituents is 1. The second kappa shape index (κ2) is 9.41. The first-order valence-electron chi connectivity index (χ1n) is 14.0. The van der Waals surface area contributed by atoms with E-state index in [-0.39, 0.29) is 34.1 Å². The highest BCUT2D eigenvalue weighted by Crippen LogP contribution is 2.66. The molecule has 3 aliphatic carbocycles. The van der Waals surface area contributed by atoms with Crippen molar-refractivity contribution in [2.24, 2.45) is 16.7 Å². The molecular weight excluding hydrogens is 530 g/mol. The van der Waals surface area contributed by atoms with E-state index in [4.69, 9.17) is 4.74 Å². The highest BCUT2D eigenvalue weighted by molar-refractivity contribution is 7.89. The van der Waals surface area contributed by atoms with Crippen molar-refractivity contribution in [2.75, 3.05) is 18.8 Å². The fourth-order valence-corrected chi connectivity index (χ4v) is 10.3. The van der Waals surface area contributed by atoms with Crippen LogP contribution in [0, 0.1) is 26.9 Å². The third kappa shape index (κ3) is 4.23. The lowest BCUT2D eigenvalue weighted by Crippen LogP contribution is -2.55. The molecule has 6 rings (SSSR count). The van der Waals surface area contributed by atoms with Crippen molar-refractivity contribution in [1.29, 1.82) is 0 Å². The zero-order chi connectivity index (χ0) is 28.3. The molecule has 3 atom stereocenters. The number of rotatable bonds is 6. The molecule has 1 spiro atoms. The second-order valence-corrected chi connectivity index (χ2v) is 14.4. The van der Waals surface area contributed by atoms with Gasteiger partial charge >= 0.3 is 6.09 Å². The summed E-state index contributed by atoms with van der Waals surface area (Å²) in [6.07, 6.45) is 7.59. The van der Waals surface area contributed by atoms with Gasteiger partial charge in [-0.2, -0.15) is 0 Å². The van der Waals surface area contributed by atoms with Gasteiger partial charge in [0.15, 0.2) is 0 Å². The first-order chi connectivity index (χ1) is 19.0. The highest BCUT2D eigenvalue weighted by Gasteiger charge is 2.66. The number of benzene rings is 2. The Hall–Kier alpha value is -3.24. The van der Waals surface area contributed by atoms with E-state index in [0.29, 0.717) is 25.4 Å². The Labute approximate surface area is 234 Å². The van der Waals surface area contributed by atoms with E-state index in [0.717, 1.165) is 25.7 Å². The highest BCUT2D eigenvalue weighted by atomic mass is 32.2. The SMILES string of the molecule is CC1(C)C2CCC1(CS(=O)(=O)N1CCC3(C=Cc4ccccc43)CC1)C(NC(=O)Oc1ccc([N+](=O)[O-])cc1)C2. The van der Waals surface area contributed by atoms with Crippen LogP contribution in [0.3, 0.4) is 0 Å². The zero-order valence-electron chi connectivity index (χ0n) is 22.8. The van der Waals surface area contributed by atoms with Gasteiger partial charge in [0.1, 0.15) is 5.75 Å². The maximum atomic E-state index is 14.0. The van der Waals surface area contributed by atoms with Gasteiger partial charge in [0.05, 0.1) is 10.7 Å². The van der Waals surface area contributed by atoms with Crippen LogP contribution in [0.2, 0.25) is 0 Å². The number of carbonyl (C=O) groups excluding carboxylic acids is 1. The molecule has 2 bridgehead atoms. The lowest BCUT2D eigenvalue weighted by atomic mass is 9.69. The zero-order valence-corrected chi connectivity index (χ0v) is 23.7. The first kappa shape index (κ1) is 27.0. The van der Waals surface area contributed by atoms with Gasteiger partial charge in [0, 0.05) is 42.1 Å². The molecule has 2 aromatic rings. The molecule has 1 heterocycles. The molecular formula is C30H35N3O6S. The van der Waals surface area contributed by atoms with Crippen LogP contribution in [0.15, 0.2) is 54.6 Å². The average Bonchev–Trinajstić information content (AvgIpc) is 3.45. The molecule has 40 heavy (non-hydrogen) atoms. The molecule has 1 aliphatic heterocycles. The number of hydrogen-bond donors (Lipinski definition) is 1. The fraction of sp³-hybridized carbons (Fsp3) is 0.500. The molecule has 9 nitrogen and oxygen atoms in total. The van der Waals surface area contributed by atoms with E-state index in [1.807, 2.05) is 12.1 Å². The Morgan fingerprint density at radius 2 is 1.80 bits per heavy atom. The van der Waals surface area contributed by atoms with Crippen molar-refractivity contribution in [3.8, 4) is 5.75 Å². The Morgan fingerprint density at radius 1 is 1.10 bits per heavy atom. The number of amides is 1. The summed E-state index contributed by atoms with van der Waals surface area (Å²) in [4.78, 5) is 23.3. The van der Waals surface area contributed by atoms with Crippen molar-refractivity contribution in [3.05, 3.63) is 75.8 Å². The molecule has 2 aromatic carbocycles. The van der Waals surface area contributed by atoms with Crippen molar-refractivity contribution < 1.29 is 22.9 Å². The summed E-state index contributed by atoms with van der Waals surface area (Å²) in [5, 5.41) is 13.9. The smallest absolute Gasteiger partial charge is 0.410 e. The lowest BCUT2D eigenvalue weighted by molar-refractivity contribution is -0.384. The second-order valence-electron chi connectivity index (χ2n) is 12.4. The minimum atomic E-state index is -3.59. The van der Waals surface area contributed by atoms with Gasteiger partial charge in [-0.15, -0.1) is 0 Å². The monoisotopic (exact) mass is 565 g/mol. The van der Waals surface area contributed by atoms with Gasteiger partial charge in [-0.1, -0.05) is 50.3 Å². The summed E-state index contributed by atoms with van der Waals surface area (Å²) >= 11 is 0. The van der Waals surface area contributed by atoms with Crippen LogP contribution in [0.5, 0.6) is 5.75 Å². The van der Waals surface area contributed by atoms with Crippen LogP contribution in [0.4, 0.5) is 10.5 Å². The van der Waals surface area contributed by atoms with Crippen LogP contribution in [-0.2, 0) is 15.4 Å². The number of sulfonamides is 1. The summed E-state index contributed by atoms with van der Waals surface area (Å²) in [7, 11) is -3.59. The van der Waals surface area contributed by atoms with Crippen LogP contribution >= 0.6 is 0 Å². The lowest BCUT2D eigenvalue weighted by Gasteiger charge is -2.44. The third-order valence-corrected chi connectivity index (χ3v) is 12.5. The van der Waals surface area contributed by atoms with Gasteiger partial charge in [-0.05, 0) is 66.7 Å². The molecule has 10 heteroatoms. The minimum absolute atomic E-state index is 0.00853. The van der Waals surface area contributed by atoms with Crippen LogP contribution in [-0.4, -0.2) is 48.6 Å². The number of nitro benzene ring substituents is 1. The number of piperidine rings is 1. The van der Waals surface area contributed by atoms with Crippen LogP contribution in [0.1, 0.15) is 57.1 Å². The quantitative estimate of drug-likeness (QED) is 0.377. The molecule has 1 amide bonds. The minimum Gasteiger partial charge on any atom is -0.410 e. The number of fused-ring (bicyclic) bond motifs is 4. The number of hydrogen-bond acceptors (Lipinski definition) is 6. The summed E-state index contributed by atoms with van der Waals surface area (Å²) in [6, 6.07) is 13.3. The third-order valence-electron chi connectivity index (χ3n) is 10.5. The van der Waals surface area contributed by atoms with E-state index in [9.17, 15) is 23.3 Å². The van der Waals surface area contributed by atoms with E-state index < -0.39 is 26.5 Å². The predicted octanol–water partition coefficient (Wildman–Crippen LogP) is 5.27. The number of ether oxygens (including phenoxy) is 1. The standard InChI is InChI=1S/C30H35N3O6S/c1-28(2)22-12-14-30(28,26(19-22)31-27(34)39-24-9-7-23(8-10-24)33(35)36)20-40(37,38)32-17-15-29(16-18-32)13-11-21-5-3-4-6-25(21)29/h3-11,13,22,26H,12,14-20H2,1-2H3,(H,31,34). The number of carbonyl (C=O) groups is 1. The fourth-order valence-electron chi connectivity index (χ4n) is 7.99. The van der Waals surface area contributed by atoms with E-state index in [1.54, 1.807) is 4.31 Å². The molecule has 1 saturated heterocycles. The van der Waals surface area contributed by atoms with E-state index >= 15 is 0 Å². The molecule has 4 aliphatic rings. The van der Waals surface area contributed by atoms with E-state index in [1.165, 1.54) is 35.4 Å². The first-order valence-corrected chi connectivity index (χ1v) is 15.6. The molecule has 212 valence electrons. The van der Waals surface area contributed by atoms with Gasteiger partial charge in [-0.3, -0.25) is 10.1 Å². The number of nitrogens with one attached hydrogen (secondary N) is 1. The molecule has 3 fully saturated rings. The Kier molecular flexibility index (Phi) is 6.34. The molecule has 3 unspecified atom stereocenters. The maximum Gasteiger partial charge on any atom is 0.412 e. The topological polar surface area (TPSA) is 119 Å². The summed E-state index contributed by atoms with van der Waals surface area (Å²) < 4.78 is 35.0. The maximum absolute atomic E-state index is 14.0. The largest absolute Gasteiger partial charge is 0.412 e. The Morgan fingerprint density at radius 3 is 2.48 bits per heavy atom. The average molecular weight is 566 g/mol. The van der Waals surface area contributed by atoms with Crippen LogP contribution < -0.4 is 10.1 Å². The summed E-state index contributed by atoms with van der Waals surface area (Å²) in [5.74, 6) is 0.486. The number of allylic oxidation sites excluding steroid dienone is 1. The van der Waals surface area contributed by atoms with Gasteiger partial charge < -0.3 is 10.1 Å². The van der Waals surface area contributed by atoms with Crippen molar-refractivity contribution in [1.82, 2.24) is 9.62 Å².